The summed E-state index contributed by atoms with van der Waals surface area (Å²) in [5.74, 6) is -0.428. The minimum Gasteiger partial charge on any atom is -0.333 e. The van der Waals surface area contributed by atoms with E-state index in [1.807, 2.05) is 49.4 Å². The van der Waals surface area contributed by atoms with Crippen molar-refractivity contribution in [1.29, 1.82) is 0 Å². The number of aryl methyl sites for hydroxylation is 1. The van der Waals surface area contributed by atoms with E-state index in [1.165, 1.54) is 36.0 Å². The molecule has 1 N–H and O–H groups in total. The van der Waals surface area contributed by atoms with E-state index in [9.17, 15) is 14.0 Å². The number of carbonyl (C=O) groups excluding carboxylic acids is 2. The molecule has 1 amide bonds. The smallest absolute Gasteiger partial charge is 0.252 e. The average molecular weight is 393 g/mol. The summed E-state index contributed by atoms with van der Waals surface area (Å²) in [5, 5.41) is 2.04. The van der Waals surface area contributed by atoms with Crippen molar-refractivity contribution in [3.63, 3.8) is 0 Å². The third-order valence-corrected chi connectivity index (χ3v) is 5.37. The summed E-state index contributed by atoms with van der Waals surface area (Å²) in [5.41, 5.74) is 2.95. The number of nitrogens with one attached hydrogen (secondary N) is 1. The molecule has 3 nitrogen and oxygen atoms in total. The highest BCUT2D eigenvalue weighted by molar-refractivity contribution is 7.99. The molecule has 0 radical (unpaired) electrons. The summed E-state index contributed by atoms with van der Waals surface area (Å²) < 4.78 is 13.2. The molecule has 0 unspecified atom stereocenters. The van der Waals surface area contributed by atoms with E-state index in [-0.39, 0.29) is 11.7 Å². The fourth-order valence-corrected chi connectivity index (χ4v) is 3.64. The number of amides is 1. The van der Waals surface area contributed by atoms with Gasteiger partial charge in [-0.2, -0.15) is 0 Å². The minimum absolute atomic E-state index is 0.263. The zero-order valence-electron chi connectivity index (χ0n) is 15.4. The van der Waals surface area contributed by atoms with E-state index >= 15 is 0 Å². The minimum atomic E-state index is -0.778. The normalized spacial score (nSPS) is 11.6. The SMILES string of the molecule is Cc1ccc(C(=O)N[C@H](SCc2ccccc2)C(=O)c2ccc(F)cc2)cc1. The highest BCUT2D eigenvalue weighted by Gasteiger charge is 2.23. The van der Waals surface area contributed by atoms with Crippen LogP contribution in [0.3, 0.4) is 0 Å². The number of hydrogen-bond donors (Lipinski definition) is 1. The maximum atomic E-state index is 13.2. The molecule has 3 aromatic carbocycles. The van der Waals surface area contributed by atoms with Crippen molar-refractivity contribution in [2.75, 3.05) is 0 Å². The number of carbonyl (C=O) groups is 2. The molecule has 0 bridgehead atoms. The van der Waals surface area contributed by atoms with Gasteiger partial charge in [0.15, 0.2) is 5.78 Å². The standard InChI is InChI=1S/C23H20FNO2S/c1-16-7-9-19(10-8-16)22(27)25-23(28-15-17-5-3-2-4-6-17)21(26)18-11-13-20(24)14-12-18/h2-14,23H,15H2,1H3,(H,25,27)/t23-/m1/s1. The summed E-state index contributed by atoms with van der Waals surface area (Å²) >= 11 is 1.33. The van der Waals surface area contributed by atoms with Gasteiger partial charge in [0.25, 0.3) is 5.91 Å². The molecule has 28 heavy (non-hydrogen) atoms. The molecule has 0 saturated heterocycles. The van der Waals surface area contributed by atoms with Gasteiger partial charge in [0.05, 0.1) is 0 Å². The largest absolute Gasteiger partial charge is 0.333 e. The zero-order valence-corrected chi connectivity index (χ0v) is 16.2. The molecule has 0 aromatic heterocycles. The Labute approximate surface area is 168 Å². The number of ketones is 1. The zero-order chi connectivity index (χ0) is 19.9. The third kappa shape index (κ3) is 5.30. The Bertz CT molecular complexity index is 941. The van der Waals surface area contributed by atoms with Crippen LogP contribution in [0.5, 0.6) is 0 Å². The lowest BCUT2D eigenvalue weighted by atomic mass is 10.1. The summed E-state index contributed by atoms with van der Waals surface area (Å²) in [6.07, 6.45) is 0. The predicted molar refractivity (Wildman–Crippen MR) is 111 cm³/mol. The van der Waals surface area contributed by atoms with Crippen molar-refractivity contribution in [2.24, 2.45) is 0 Å². The Morgan fingerprint density at radius 1 is 0.893 bits per heavy atom. The van der Waals surface area contributed by atoms with E-state index in [1.54, 1.807) is 12.1 Å². The Morgan fingerprint density at radius 3 is 2.14 bits per heavy atom. The second-order valence-electron chi connectivity index (χ2n) is 6.39. The summed E-state index contributed by atoms with van der Waals surface area (Å²) in [6, 6.07) is 22.2. The first-order valence-electron chi connectivity index (χ1n) is 8.86. The Balaban J connectivity index is 1.78. The van der Waals surface area contributed by atoms with E-state index in [4.69, 9.17) is 0 Å². The van der Waals surface area contributed by atoms with Crippen molar-refractivity contribution in [2.45, 2.75) is 18.1 Å². The van der Waals surface area contributed by atoms with Crippen molar-refractivity contribution in [1.82, 2.24) is 5.32 Å². The molecule has 0 saturated carbocycles. The van der Waals surface area contributed by atoms with Gasteiger partial charge in [-0.3, -0.25) is 9.59 Å². The van der Waals surface area contributed by atoms with Crippen LogP contribution in [0.15, 0.2) is 78.9 Å². The number of thioether (sulfide) groups is 1. The lowest BCUT2D eigenvalue weighted by molar-refractivity contribution is 0.0892. The van der Waals surface area contributed by atoms with Gasteiger partial charge in [-0.25, -0.2) is 4.39 Å². The first-order chi connectivity index (χ1) is 13.5. The van der Waals surface area contributed by atoms with E-state index in [2.05, 4.69) is 5.32 Å². The van der Waals surface area contributed by atoms with Gasteiger partial charge < -0.3 is 5.32 Å². The first-order valence-corrected chi connectivity index (χ1v) is 9.90. The second kappa shape index (κ2) is 9.33. The lowest BCUT2D eigenvalue weighted by Crippen LogP contribution is -2.38. The molecule has 0 spiro atoms. The molecule has 0 fully saturated rings. The summed E-state index contributed by atoms with van der Waals surface area (Å²) in [7, 11) is 0. The quantitative estimate of drug-likeness (QED) is 0.454. The summed E-state index contributed by atoms with van der Waals surface area (Å²) in [4.78, 5) is 25.6. The predicted octanol–water partition coefficient (Wildman–Crippen LogP) is 5.01. The number of benzene rings is 3. The molecular formula is C23H20FNO2S. The van der Waals surface area contributed by atoms with Crippen molar-refractivity contribution in [3.8, 4) is 0 Å². The van der Waals surface area contributed by atoms with Gasteiger partial charge in [-0.1, -0.05) is 48.0 Å². The molecule has 3 rings (SSSR count). The molecule has 1 atom stereocenters. The van der Waals surface area contributed by atoms with Crippen LogP contribution in [0.1, 0.15) is 31.8 Å². The molecule has 0 aliphatic rings. The first kappa shape index (κ1) is 19.8. The Morgan fingerprint density at radius 2 is 1.50 bits per heavy atom. The van der Waals surface area contributed by atoms with E-state index in [0.717, 1.165) is 11.1 Å². The maximum absolute atomic E-state index is 13.2. The molecule has 3 aromatic rings. The lowest BCUT2D eigenvalue weighted by Gasteiger charge is -2.18. The van der Waals surface area contributed by atoms with Crippen LogP contribution in [0.2, 0.25) is 0 Å². The van der Waals surface area contributed by atoms with Gasteiger partial charge in [0.1, 0.15) is 11.2 Å². The van der Waals surface area contributed by atoms with E-state index in [0.29, 0.717) is 16.9 Å². The number of halogens is 1. The Hall–Kier alpha value is -2.92. The van der Waals surface area contributed by atoms with Crippen LogP contribution in [0.4, 0.5) is 4.39 Å². The van der Waals surface area contributed by atoms with Crippen LogP contribution in [-0.2, 0) is 5.75 Å². The topological polar surface area (TPSA) is 46.2 Å². The van der Waals surface area contributed by atoms with Crippen LogP contribution < -0.4 is 5.32 Å². The highest BCUT2D eigenvalue weighted by atomic mass is 32.2. The number of rotatable bonds is 7. The fourth-order valence-electron chi connectivity index (χ4n) is 2.61. The Kier molecular flexibility index (Phi) is 6.61. The van der Waals surface area contributed by atoms with Crippen molar-refractivity contribution in [3.05, 3.63) is 107 Å². The van der Waals surface area contributed by atoms with Gasteiger partial charge in [0.2, 0.25) is 0 Å². The van der Waals surface area contributed by atoms with Crippen LogP contribution in [0, 0.1) is 12.7 Å². The molecule has 0 heterocycles. The molecule has 5 heteroatoms. The average Bonchev–Trinajstić information content (AvgIpc) is 2.72. The van der Waals surface area contributed by atoms with E-state index < -0.39 is 11.2 Å². The van der Waals surface area contributed by atoms with Gasteiger partial charge in [-0.05, 0) is 48.9 Å². The van der Waals surface area contributed by atoms with Gasteiger partial charge in [-0.15, -0.1) is 11.8 Å². The molecule has 0 aliphatic carbocycles. The maximum Gasteiger partial charge on any atom is 0.252 e. The molecular weight excluding hydrogens is 373 g/mol. The highest BCUT2D eigenvalue weighted by Crippen LogP contribution is 2.21. The van der Waals surface area contributed by atoms with Crippen LogP contribution in [-0.4, -0.2) is 17.1 Å². The molecule has 142 valence electrons. The second-order valence-corrected chi connectivity index (χ2v) is 7.48. The summed E-state index contributed by atoms with van der Waals surface area (Å²) in [6.45, 7) is 1.94. The third-order valence-electron chi connectivity index (χ3n) is 4.20. The monoisotopic (exact) mass is 393 g/mol. The van der Waals surface area contributed by atoms with Crippen molar-refractivity contribution < 1.29 is 14.0 Å². The van der Waals surface area contributed by atoms with Crippen molar-refractivity contribution >= 4 is 23.5 Å². The number of Topliss-reactive ketones (excluding diaryl/α,β-unsaturated/α-hetero) is 1. The molecule has 0 aliphatic heterocycles. The fraction of sp³-hybridized carbons (Fsp3) is 0.130. The van der Waals surface area contributed by atoms with Crippen LogP contribution >= 0.6 is 11.8 Å². The number of hydrogen-bond acceptors (Lipinski definition) is 3. The van der Waals surface area contributed by atoms with Crippen LogP contribution in [0.25, 0.3) is 0 Å². The van der Waals surface area contributed by atoms with Gasteiger partial charge >= 0.3 is 0 Å². The van der Waals surface area contributed by atoms with Gasteiger partial charge in [0, 0.05) is 16.9 Å².